The number of phenolic OH excluding ortho intramolecular Hbond substituents is 1. The average Bonchev–Trinajstić information content (AvgIpc) is 3.39. The Labute approximate surface area is 230 Å². The van der Waals surface area contributed by atoms with E-state index in [0.717, 1.165) is 13.0 Å². The quantitative estimate of drug-likeness (QED) is 0.291. The first-order valence-electron chi connectivity index (χ1n) is 13.2. The Morgan fingerprint density at radius 2 is 1.93 bits per heavy atom. The predicted molar refractivity (Wildman–Crippen MR) is 142 cm³/mol. The predicted octanol–water partition coefficient (Wildman–Crippen LogP) is 1.91. The number of aromatic hydroxyl groups is 1. The number of carbonyl (C=O) groups excluding carboxylic acids is 3. The second kappa shape index (κ2) is 9.31. The van der Waals surface area contributed by atoms with E-state index >= 15 is 0 Å². The van der Waals surface area contributed by atoms with Crippen LogP contribution in [0.1, 0.15) is 62.6 Å². The molecule has 0 saturated heterocycles. The Hall–Kier alpha value is -3.96. The first kappa shape index (κ1) is 27.6. The van der Waals surface area contributed by atoms with E-state index in [9.17, 15) is 39.9 Å². The first-order chi connectivity index (χ1) is 18.7. The number of hydrogen-bond donors (Lipinski definition) is 6. The summed E-state index contributed by atoms with van der Waals surface area (Å²) in [5, 5.41) is 56.5. The monoisotopic (exact) mass is 551 g/mol. The summed E-state index contributed by atoms with van der Waals surface area (Å²) in [7, 11) is 0. The van der Waals surface area contributed by atoms with Crippen molar-refractivity contribution in [3.8, 4) is 5.75 Å². The fourth-order valence-electron chi connectivity index (χ4n) is 6.80. The number of aliphatic hydroxyl groups excluding tert-OH is 3. The van der Waals surface area contributed by atoms with Gasteiger partial charge in [-0.2, -0.15) is 0 Å². The number of aromatic nitrogens is 2. The molecule has 11 nitrogen and oxygen atoms in total. The van der Waals surface area contributed by atoms with E-state index in [-0.39, 0.29) is 16.9 Å². The molecule has 1 heterocycles. The summed E-state index contributed by atoms with van der Waals surface area (Å²) >= 11 is 0. The second-order valence-corrected chi connectivity index (χ2v) is 11.7. The molecule has 1 fully saturated rings. The number of ketones is 2. The number of phenols is 1. The molecule has 1 aromatic heterocycles. The lowest BCUT2D eigenvalue weighted by Crippen LogP contribution is -2.63. The van der Waals surface area contributed by atoms with Crippen molar-refractivity contribution in [2.75, 3.05) is 0 Å². The number of nitrogens with zero attached hydrogens (tertiary/aromatic N) is 2. The molecule has 3 aliphatic rings. The molecule has 5 atom stereocenters. The molecule has 1 saturated carbocycles. The van der Waals surface area contributed by atoms with Gasteiger partial charge in [0.1, 0.15) is 22.8 Å². The number of Topliss-reactive ketones (excluding diaryl/α,β-unsaturated/α-hetero) is 2. The number of carbonyl (C=O) groups is 3. The zero-order valence-electron chi connectivity index (χ0n) is 22.5. The number of primary amides is 1. The molecule has 1 aromatic carbocycles. The molecule has 5 rings (SSSR count). The van der Waals surface area contributed by atoms with Crippen LogP contribution in [0, 0.1) is 11.8 Å². The van der Waals surface area contributed by atoms with Crippen LogP contribution in [0.3, 0.4) is 0 Å². The fourth-order valence-corrected chi connectivity index (χ4v) is 6.80. The Morgan fingerprint density at radius 3 is 2.55 bits per heavy atom. The summed E-state index contributed by atoms with van der Waals surface area (Å²) in [6, 6.07) is 3.51. The van der Waals surface area contributed by atoms with Crippen molar-refractivity contribution in [1.29, 1.82) is 0 Å². The highest BCUT2D eigenvalue weighted by molar-refractivity contribution is 6.23. The molecule has 0 spiro atoms. The van der Waals surface area contributed by atoms with Crippen LogP contribution in [0.15, 0.2) is 47.8 Å². The summed E-state index contributed by atoms with van der Waals surface area (Å²) in [5.74, 6) is -8.61. The fraction of sp³-hybridized carbons (Fsp3) is 0.448. The third kappa shape index (κ3) is 3.79. The molecule has 1 amide bonds. The summed E-state index contributed by atoms with van der Waals surface area (Å²) in [4.78, 5) is 42.3. The minimum absolute atomic E-state index is 0.00649. The number of benzene rings is 1. The largest absolute Gasteiger partial charge is 0.508 e. The standard InChI is InChI=1S/C29H33N3O8/c1-13-14-5-6-15(28(2,3)7-4-9-32-10-8-31-12-32)22(34)19(14)24(36)21-18(13)23(35)16-11-17(33)20(27(30)39)25(37)29(16,40)26(21)38/h5-6,8,10,12-13,16,18,23,34-37,40H,4,7,9,11H2,1-3H3,(H2,30,39). The minimum atomic E-state index is -2.85. The molecule has 3 aliphatic carbocycles. The normalized spacial score (nSPS) is 28.3. The first-order valence-corrected chi connectivity index (χ1v) is 13.2. The maximum absolute atomic E-state index is 13.8. The van der Waals surface area contributed by atoms with E-state index in [1.165, 1.54) is 0 Å². The van der Waals surface area contributed by atoms with E-state index in [0.29, 0.717) is 17.5 Å². The van der Waals surface area contributed by atoms with Crippen molar-refractivity contribution < 1.29 is 39.9 Å². The van der Waals surface area contributed by atoms with Crippen molar-refractivity contribution in [1.82, 2.24) is 9.55 Å². The van der Waals surface area contributed by atoms with Gasteiger partial charge < -0.3 is 35.8 Å². The maximum atomic E-state index is 13.8. The zero-order valence-corrected chi connectivity index (χ0v) is 22.5. The molecule has 2 aromatic rings. The van der Waals surface area contributed by atoms with Crippen LogP contribution in [0.5, 0.6) is 5.75 Å². The lowest BCUT2D eigenvalue weighted by molar-refractivity contribution is -0.160. The van der Waals surface area contributed by atoms with Gasteiger partial charge in [-0.3, -0.25) is 14.4 Å². The van der Waals surface area contributed by atoms with Gasteiger partial charge in [-0.25, -0.2) is 4.98 Å². The molecular weight excluding hydrogens is 518 g/mol. The number of rotatable bonds is 6. The van der Waals surface area contributed by atoms with Crippen LogP contribution in [-0.2, 0) is 26.3 Å². The van der Waals surface area contributed by atoms with E-state index in [1.54, 1.807) is 31.6 Å². The summed E-state index contributed by atoms with van der Waals surface area (Å²) in [5.41, 5.74) is 1.57. The third-order valence-electron chi connectivity index (χ3n) is 9.01. The number of aryl methyl sites for hydroxylation is 1. The van der Waals surface area contributed by atoms with Gasteiger partial charge in [0.05, 0.1) is 18.0 Å². The molecule has 5 unspecified atom stereocenters. The van der Waals surface area contributed by atoms with E-state index in [4.69, 9.17) is 5.73 Å². The van der Waals surface area contributed by atoms with Crippen LogP contribution in [0.25, 0.3) is 5.76 Å². The van der Waals surface area contributed by atoms with Crippen molar-refractivity contribution in [2.45, 2.75) is 69.6 Å². The van der Waals surface area contributed by atoms with E-state index < -0.39 is 75.9 Å². The Bertz CT molecular complexity index is 1490. The van der Waals surface area contributed by atoms with E-state index in [2.05, 4.69) is 4.98 Å². The van der Waals surface area contributed by atoms with Gasteiger partial charge in [0.25, 0.3) is 5.91 Å². The zero-order chi connectivity index (χ0) is 29.3. The number of imidazole rings is 1. The summed E-state index contributed by atoms with van der Waals surface area (Å²) < 4.78 is 1.95. The van der Waals surface area contributed by atoms with Crippen molar-refractivity contribution in [2.24, 2.45) is 17.6 Å². The minimum Gasteiger partial charge on any atom is -0.508 e. The smallest absolute Gasteiger partial charge is 0.255 e. The van der Waals surface area contributed by atoms with Crippen molar-refractivity contribution >= 4 is 23.2 Å². The van der Waals surface area contributed by atoms with E-state index in [1.807, 2.05) is 24.6 Å². The van der Waals surface area contributed by atoms with Gasteiger partial charge in [-0.05, 0) is 29.7 Å². The highest BCUT2D eigenvalue weighted by atomic mass is 16.4. The van der Waals surface area contributed by atoms with Gasteiger partial charge in [-0.15, -0.1) is 0 Å². The highest BCUT2D eigenvalue weighted by Crippen LogP contribution is 2.56. The van der Waals surface area contributed by atoms with Gasteiger partial charge >= 0.3 is 0 Å². The second-order valence-electron chi connectivity index (χ2n) is 11.7. The van der Waals surface area contributed by atoms with Gasteiger partial charge in [-0.1, -0.05) is 32.9 Å². The van der Waals surface area contributed by atoms with Crippen LogP contribution < -0.4 is 5.73 Å². The van der Waals surface area contributed by atoms with Crippen molar-refractivity contribution in [3.05, 3.63) is 64.4 Å². The molecule has 7 N–H and O–H groups in total. The van der Waals surface area contributed by atoms with Gasteiger partial charge in [0.15, 0.2) is 11.4 Å². The molecule has 40 heavy (non-hydrogen) atoms. The maximum Gasteiger partial charge on any atom is 0.255 e. The van der Waals surface area contributed by atoms with Gasteiger partial charge in [0.2, 0.25) is 5.78 Å². The van der Waals surface area contributed by atoms with Crippen LogP contribution in [0.4, 0.5) is 0 Å². The Kier molecular flexibility index (Phi) is 6.42. The van der Waals surface area contributed by atoms with Crippen LogP contribution in [-0.4, -0.2) is 64.3 Å². The number of fused-ring (bicyclic) bond motifs is 3. The molecule has 0 radical (unpaired) electrons. The summed E-state index contributed by atoms with van der Waals surface area (Å²) in [6.45, 7) is 6.35. The number of nitrogens with two attached hydrogens (primary N) is 1. The molecule has 212 valence electrons. The Balaban J connectivity index is 1.60. The van der Waals surface area contributed by atoms with Crippen LogP contribution >= 0.6 is 0 Å². The number of amides is 1. The number of hydrogen-bond acceptors (Lipinski definition) is 9. The highest BCUT2D eigenvalue weighted by Gasteiger charge is 2.65. The van der Waals surface area contributed by atoms with Crippen LogP contribution in [0.2, 0.25) is 0 Å². The SMILES string of the molecule is CC1c2ccc(C(C)(C)CCCn3ccnc3)c(O)c2C(O)=C2C(=O)C3(O)C(O)=C(C(N)=O)C(=O)CC3C(O)C21. The van der Waals surface area contributed by atoms with Gasteiger partial charge in [0, 0.05) is 48.3 Å². The molecular formula is C29H33N3O8. The molecule has 0 aliphatic heterocycles. The average molecular weight is 552 g/mol. The third-order valence-corrected chi connectivity index (χ3v) is 9.01. The van der Waals surface area contributed by atoms with Crippen molar-refractivity contribution in [3.63, 3.8) is 0 Å². The molecule has 11 heteroatoms. The number of aliphatic hydroxyl groups is 4. The summed E-state index contributed by atoms with van der Waals surface area (Å²) in [6.07, 6.45) is 4.58. The topological polar surface area (TPSA) is 196 Å². The lowest BCUT2D eigenvalue weighted by atomic mass is 9.55. The molecule has 0 bridgehead atoms. The Morgan fingerprint density at radius 1 is 1.23 bits per heavy atom. The lowest BCUT2D eigenvalue weighted by Gasteiger charge is -2.50.